The van der Waals surface area contributed by atoms with Crippen LogP contribution in [0.25, 0.3) is 0 Å². The van der Waals surface area contributed by atoms with E-state index in [0.717, 1.165) is 4.47 Å². The van der Waals surface area contributed by atoms with Crippen molar-refractivity contribution in [3.63, 3.8) is 0 Å². The van der Waals surface area contributed by atoms with Crippen LogP contribution in [0.4, 0.5) is 0 Å². The molecule has 0 saturated heterocycles. The van der Waals surface area contributed by atoms with Crippen molar-refractivity contribution in [3.05, 3.63) is 58.8 Å². The molecule has 1 heterocycles. The summed E-state index contributed by atoms with van der Waals surface area (Å²) in [6, 6.07) is 10.5. The Kier molecular flexibility index (Phi) is 5.48. The molecule has 22 heavy (non-hydrogen) atoms. The van der Waals surface area contributed by atoms with Crippen molar-refractivity contribution in [3.8, 4) is 5.75 Å². The van der Waals surface area contributed by atoms with E-state index in [4.69, 9.17) is 15.3 Å². The number of nitrogens with two attached hydrogens (primary N) is 1. The first-order valence-electron chi connectivity index (χ1n) is 6.43. The summed E-state index contributed by atoms with van der Waals surface area (Å²) in [6.07, 6.45) is 2.32. The van der Waals surface area contributed by atoms with Gasteiger partial charge in [0, 0.05) is 22.4 Å². The monoisotopic (exact) mass is 363 g/mol. The van der Waals surface area contributed by atoms with Gasteiger partial charge >= 0.3 is 5.97 Å². The highest BCUT2D eigenvalue weighted by atomic mass is 79.9. The molecule has 0 saturated carbocycles. The molecule has 2 rings (SSSR count). The number of benzene rings is 1. The normalized spacial score (nSPS) is 12.5. The predicted molar refractivity (Wildman–Crippen MR) is 85.3 cm³/mol. The molecule has 0 aliphatic rings. The van der Waals surface area contributed by atoms with Crippen LogP contribution in [0.5, 0.6) is 5.75 Å². The Labute approximate surface area is 136 Å². The number of rotatable bonds is 5. The van der Waals surface area contributed by atoms with Gasteiger partial charge in [0.1, 0.15) is 5.75 Å². The topological polar surface area (TPSA) is 86.8 Å². The minimum absolute atomic E-state index is 0.0669. The molecule has 6 nitrogen and oxygen atoms in total. The summed E-state index contributed by atoms with van der Waals surface area (Å²) in [4.78, 5) is 20.5. The Morgan fingerprint density at radius 1 is 1.32 bits per heavy atom. The number of oxime groups is 1. The zero-order valence-electron chi connectivity index (χ0n) is 11.8. The molecule has 1 aromatic carbocycles. The standard InChI is InChI=1S/C15H14BrN3O3/c1-10(21-13-6-4-12(16)5-7-13)15(20)22-19-14(17)11-3-2-8-18-9-11/h2-10H,1H3,(H2,17,19)/t10-/m0/s1. The van der Waals surface area contributed by atoms with Crippen molar-refractivity contribution in [2.75, 3.05) is 0 Å². The van der Waals surface area contributed by atoms with Crippen molar-refractivity contribution in [2.45, 2.75) is 13.0 Å². The highest BCUT2D eigenvalue weighted by Gasteiger charge is 2.17. The Morgan fingerprint density at radius 3 is 2.68 bits per heavy atom. The first-order chi connectivity index (χ1) is 10.6. The summed E-state index contributed by atoms with van der Waals surface area (Å²) in [6.45, 7) is 1.57. The van der Waals surface area contributed by atoms with E-state index < -0.39 is 12.1 Å². The molecule has 0 aliphatic carbocycles. The van der Waals surface area contributed by atoms with Gasteiger partial charge in [0.15, 0.2) is 11.9 Å². The second kappa shape index (κ2) is 7.56. The van der Waals surface area contributed by atoms with E-state index in [1.807, 2.05) is 12.1 Å². The fourth-order valence-corrected chi connectivity index (χ4v) is 1.77. The van der Waals surface area contributed by atoms with Crippen LogP contribution in [0.3, 0.4) is 0 Å². The maximum Gasteiger partial charge on any atom is 0.374 e. The molecule has 2 N–H and O–H groups in total. The van der Waals surface area contributed by atoms with E-state index in [9.17, 15) is 4.79 Å². The predicted octanol–water partition coefficient (Wildman–Crippen LogP) is 2.48. The third kappa shape index (κ3) is 4.56. The fraction of sp³-hybridized carbons (Fsp3) is 0.133. The van der Waals surface area contributed by atoms with E-state index in [-0.39, 0.29) is 5.84 Å². The van der Waals surface area contributed by atoms with Gasteiger partial charge < -0.3 is 15.3 Å². The third-order valence-corrected chi connectivity index (χ3v) is 3.18. The lowest BCUT2D eigenvalue weighted by Gasteiger charge is -2.11. The van der Waals surface area contributed by atoms with E-state index >= 15 is 0 Å². The van der Waals surface area contributed by atoms with E-state index in [1.165, 1.54) is 6.20 Å². The van der Waals surface area contributed by atoms with Crippen molar-refractivity contribution < 1.29 is 14.4 Å². The second-order valence-corrected chi connectivity index (χ2v) is 5.26. The van der Waals surface area contributed by atoms with Crippen LogP contribution in [0.2, 0.25) is 0 Å². The maximum atomic E-state index is 11.8. The molecule has 0 unspecified atom stereocenters. The van der Waals surface area contributed by atoms with Crippen molar-refractivity contribution in [1.82, 2.24) is 4.98 Å². The third-order valence-electron chi connectivity index (χ3n) is 2.65. The van der Waals surface area contributed by atoms with Crippen LogP contribution in [0, 0.1) is 0 Å². The molecule has 114 valence electrons. The second-order valence-electron chi connectivity index (χ2n) is 4.34. The number of amidine groups is 1. The number of nitrogens with zero attached hydrogens (tertiary/aromatic N) is 2. The van der Waals surface area contributed by atoms with Gasteiger partial charge in [-0.2, -0.15) is 0 Å². The SMILES string of the molecule is C[C@H](Oc1ccc(Br)cc1)C(=O)O/N=C(/N)c1cccnc1. The number of pyridine rings is 1. The molecule has 7 heteroatoms. The number of ether oxygens (including phenoxy) is 1. The summed E-state index contributed by atoms with van der Waals surface area (Å²) in [5.74, 6) is -0.0242. The van der Waals surface area contributed by atoms with Crippen LogP contribution in [0.15, 0.2) is 58.4 Å². The zero-order chi connectivity index (χ0) is 15.9. The lowest BCUT2D eigenvalue weighted by molar-refractivity contribution is -0.151. The molecule has 1 atom stereocenters. The van der Waals surface area contributed by atoms with Gasteiger partial charge in [-0.15, -0.1) is 0 Å². The summed E-state index contributed by atoms with van der Waals surface area (Å²) < 4.78 is 6.37. The number of carbonyl (C=O) groups excluding carboxylic acids is 1. The van der Waals surface area contributed by atoms with Crippen LogP contribution in [-0.4, -0.2) is 22.9 Å². The van der Waals surface area contributed by atoms with Gasteiger partial charge in [0.05, 0.1) is 0 Å². The molecule has 0 fully saturated rings. The van der Waals surface area contributed by atoms with Crippen molar-refractivity contribution >= 4 is 27.7 Å². The van der Waals surface area contributed by atoms with Crippen LogP contribution in [0.1, 0.15) is 12.5 Å². The van der Waals surface area contributed by atoms with Crippen LogP contribution >= 0.6 is 15.9 Å². The van der Waals surface area contributed by atoms with E-state index in [2.05, 4.69) is 26.1 Å². The molecule has 0 amide bonds. The summed E-state index contributed by atoms with van der Waals surface area (Å²) in [5, 5.41) is 3.59. The van der Waals surface area contributed by atoms with E-state index in [1.54, 1.807) is 37.4 Å². The minimum atomic E-state index is -0.813. The lowest BCUT2D eigenvalue weighted by Crippen LogP contribution is -2.26. The first kappa shape index (κ1) is 16.0. The Bertz CT molecular complexity index is 659. The van der Waals surface area contributed by atoms with Gasteiger partial charge in [-0.05, 0) is 43.3 Å². The highest BCUT2D eigenvalue weighted by molar-refractivity contribution is 9.10. The molecule has 0 bridgehead atoms. The summed E-state index contributed by atoms with van der Waals surface area (Å²) in [5.41, 5.74) is 6.27. The molecule has 0 radical (unpaired) electrons. The smallest absolute Gasteiger partial charge is 0.374 e. The van der Waals surface area contributed by atoms with Gasteiger partial charge in [0.2, 0.25) is 0 Å². The molecule has 1 aromatic heterocycles. The number of halogens is 1. The number of hydrogen-bond acceptors (Lipinski definition) is 5. The minimum Gasteiger partial charge on any atom is -0.479 e. The van der Waals surface area contributed by atoms with Crippen LogP contribution in [-0.2, 0) is 9.63 Å². The maximum absolute atomic E-state index is 11.8. The fourth-order valence-electron chi connectivity index (χ4n) is 1.50. The Balaban J connectivity index is 1.92. The summed E-state index contributed by atoms with van der Waals surface area (Å²) >= 11 is 3.32. The van der Waals surface area contributed by atoms with E-state index in [0.29, 0.717) is 11.3 Å². The number of hydrogen-bond donors (Lipinski definition) is 1. The zero-order valence-corrected chi connectivity index (χ0v) is 13.4. The molecule has 0 aliphatic heterocycles. The Morgan fingerprint density at radius 2 is 2.05 bits per heavy atom. The number of aromatic nitrogens is 1. The van der Waals surface area contributed by atoms with Gasteiger partial charge in [-0.1, -0.05) is 21.1 Å². The van der Waals surface area contributed by atoms with Crippen molar-refractivity contribution in [1.29, 1.82) is 0 Å². The van der Waals surface area contributed by atoms with Gasteiger partial charge in [-0.3, -0.25) is 4.98 Å². The van der Waals surface area contributed by atoms with Crippen LogP contribution < -0.4 is 10.5 Å². The molecule has 0 spiro atoms. The van der Waals surface area contributed by atoms with Crippen molar-refractivity contribution in [2.24, 2.45) is 10.9 Å². The number of carbonyl (C=O) groups is 1. The largest absolute Gasteiger partial charge is 0.479 e. The Hall–Kier alpha value is -2.41. The van der Waals surface area contributed by atoms with Gasteiger partial charge in [-0.25, -0.2) is 4.79 Å². The molecular formula is C15H14BrN3O3. The highest BCUT2D eigenvalue weighted by Crippen LogP contribution is 2.17. The molecule has 2 aromatic rings. The average molecular weight is 364 g/mol. The first-order valence-corrected chi connectivity index (χ1v) is 7.22. The summed E-state index contributed by atoms with van der Waals surface area (Å²) in [7, 11) is 0. The average Bonchev–Trinajstić information content (AvgIpc) is 2.55. The quantitative estimate of drug-likeness (QED) is 0.381. The lowest BCUT2D eigenvalue weighted by atomic mass is 10.3. The van der Waals surface area contributed by atoms with Gasteiger partial charge in [0.25, 0.3) is 0 Å². The molecular weight excluding hydrogens is 350 g/mol.